The van der Waals surface area contributed by atoms with Crippen molar-refractivity contribution in [1.82, 2.24) is 9.80 Å². The molecule has 15 heteroatoms. The third kappa shape index (κ3) is 2.39. The highest BCUT2D eigenvalue weighted by Gasteiger charge is 2.85. The summed E-state index contributed by atoms with van der Waals surface area (Å²) in [5.74, 6) is -8.63. The fourth-order valence-electron chi connectivity index (χ4n) is 1.49. The van der Waals surface area contributed by atoms with Gasteiger partial charge in [-0.25, -0.2) is 4.90 Å². The van der Waals surface area contributed by atoms with E-state index in [2.05, 4.69) is 0 Å². The molecule has 0 aliphatic carbocycles. The molecule has 0 spiro atoms. The first-order valence-corrected chi connectivity index (χ1v) is 5.02. The maximum Gasteiger partial charge on any atom is 0.447 e. The van der Waals surface area contributed by atoms with Gasteiger partial charge in [0.2, 0.25) is 5.95 Å². The van der Waals surface area contributed by atoms with Crippen molar-refractivity contribution in [1.29, 1.82) is 0 Å². The molecule has 0 N–H and O–H groups in total. The molecule has 0 aromatic rings. The van der Waals surface area contributed by atoms with Gasteiger partial charge in [-0.15, -0.1) is 0 Å². The van der Waals surface area contributed by atoms with Gasteiger partial charge in [-0.05, 0) is 7.05 Å². The number of hydrogen-bond acceptors (Lipinski definition) is 2. The van der Waals surface area contributed by atoms with E-state index < -0.39 is 59.0 Å². The fourth-order valence-corrected chi connectivity index (χ4v) is 1.49. The van der Waals surface area contributed by atoms with Gasteiger partial charge in [0.25, 0.3) is 5.83 Å². The molecule has 136 valence electrons. The summed E-state index contributed by atoms with van der Waals surface area (Å²) in [5.41, 5.74) is 0. The monoisotopic (exact) mass is 374 g/mol. The Balaban J connectivity index is 3.74. The van der Waals surface area contributed by atoms with E-state index in [1.165, 1.54) is 0 Å². The smallest absolute Gasteiger partial charge is 0.212 e. The Morgan fingerprint density at radius 1 is 0.696 bits per heavy atom. The number of piperazine rings is 1. The molecule has 1 saturated heterocycles. The lowest BCUT2D eigenvalue weighted by atomic mass is 10.2. The van der Waals surface area contributed by atoms with Crippen LogP contribution in [0.15, 0.2) is 11.8 Å². The summed E-state index contributed by atoms with van der Waals surface area (Å²) in [4.78, 5) is -5.38. The molecule has 0 unspecified atom stereocenters. The molecule has 1 rings (SSSR count). The van der Waals surface area contributed by atoms with Gasteiger partial charge in [0.05, 0.1) is 0 Å². The summed E-state index contributed by atoms with van der Waals surface area (Å²) in [6.07, 6.45) is -6.51. The largest absolute Gasteiger partial charge is 0.447 e. The number of likely N-dealkylation sites (N-methyl/N-ethyl adjacent to an activating group) is 1. The summed E-state index contributed by atoms with van der Waals surface area (Å²) in [6, 6.07) is -25.9. The number of alkyl halides is 11. The van der Waals surface area contributed by atoms with Gasteiger partial charge < -0.3 is 0 Å². The molecule has 0 bridgehead atoms. The number of rotatable bonds is 1. The van der Waals surface area contributed by atoms with Crippen molar-refractivity contribution < 1.29 is 57.1 Å². The molecular formula is C8H3F13N2. The van der Waals surface area contributed by atoms with Crippen molar-refractivity contribution in [2.75, 3.05) is 7.05 Å². The van der Waals surface area contributed by atoms with Crippen LogP contribution in [0.4, 0.5) is 57.1 Å². The zero-order valence-corrected chi connectivity index (χ0v) is 10.3. The van der Waals surface area contributed by atoms with Gasteiger partial charge >= 0.3 is 30.4 Å². The van der Waals surface area contributed by atoms with E-state index in [4.69, 9.17) is 0 Å². The molecule has 0 radical (unpaired) electrons. The topological polar surface area (TPSA) is 6.48 Å². The summed E-state index contributed by atoms with van der Waals surface area (Å²) in [6.45, 7) is 0. The Hall–Kier alpha value is -1.41. The van der Waals surface area contributed by atoms with Crippen LogP contribution in [0.3, 0.4) is 0 Å². The lowest BCUT2D eigenvalue weighted by molar-refractivity contribution is -0.498. The average Bonchev–Trinajstić information content (AvgIpc) is 2.33. The molecule has 2 nitrogen and oxygen atoms in total. The summed E-state index contributed by atoms with van der Waals surface area (Å²) < 4.78 is 167. The highest BCUT2D eigenvalue weighted by molar-refractivity contribution is 5.14. The second kappa shape index (κ2) is 4.80. The van der Waals surface area contributed by atoms with Crippen molar-refractivity contribution >= 4 is 0 Å². The van der Waals surface area contributed by atoms with E-state index in [0.717, 1.165) is 0 Å². The number of hydrogen-bond donors (Lipinski definition) is 0. The fraction of sp³-hybridized carbons (Fsp3) is 0.750. The molecule has 1 aliphatic rings. The predicted octanol–water partition coefficient (Wildman–Crippen LogP) is 4.28. The lowest BCUT2D eigenvalue weighted by Crippen LogP contribution is -2.79. The first-order chi connectivity index (χ1) is 9.84. The van der Waals surface area contributed by atoms with Crippen molar-refractivity contribution in [3.05, 3.63) is 11.8 Å². The second-order valence-corrected chi connectivity index (χ2v) is 4.16. The number of halogens is 13. The normalized spacial score (nSPS) is 27.7. The maximum atomic E-state index is 13.2. The first kappa shape index (κ1) is 19.6. The highest BCUT2D eigenvalue weighted by Crippen LogP contribution is 2.58. The number of allylic oxidation sites excluding steroid dienone is 1. The van der Waals surface area contributed by atoms with Gasteiger partial charge in [0.1, 0.15) is 0 Å². The van der Waals surface area contributed by atoms with Crippen molar-refractivity contribution in [3.63, 3.8) is 0 Å². The average molecular weight is 374 g/mol. The first-order valence-electron chi connectivity index (χ1n) is 5.02. The Bertz CT molecular complexity index is 491. The molecule has 0 aromatic heterocycles. The van der Waals surface area contributed by atoms with Crippen LogP contribution < -0.4 is 0 Å². The van der Waals surface area contributed by atoms with Gasteiger partial charge in [0.15, 0.2) is 0 Å². The Kier molecular flexibility index (Phi) is 4.09. The molecule has 23 heavy (non-hydrogen) atoms. The van der Waals surface area contributed by atoms with Crippen LogP contribution in [0, 0.1) is 0 Å². The predicted molar refractivity (Wildman–Crippen MR) is 44.7 cm³/mol. The molecule has 0 amide bonds. The summed E-state index contributed by atoms with van der Waals surface area (Å²) in [5, 5.41) is 0. The van der Waals surface area contributed by atoms with Crippen LogP contribution in [0.2, 0.25) is 0 Å². The van der Waals surface area contributed by atoms with Crippen LogP contribution in [0.1, 0.15) is 0 Å². The minimum Gasteiger partial charge on any atom is -0.212 e. The number of nitrogens with zero attached hydrogens (tertiary/aromatic N) is 2. The van der Waals surface area contributed by atoms with Crippen LogP contribution in [0.5, 0.6) is 0 Å². The second-order valence-electron chi connectivity index (χ2n) is 4.16. The molecule has 1 heterocycles. The van der Waals surface area contributed by atoms with Crippen molar-refractivity contribution in [2.45, 2.75) is 30.4 Å². The van der Waals surface area contributed by atoms with Crippen LogP contribution >= 0.6 is 0 Å². The lowest BCUT2D eigenvalue weighted by Gasteiger charge is -2.52. The minimum atomic E-state index is -6.65. The summed E-state index contributed by atoms with van der Waals surface area (Å²) in [7, 11) is -0.610. The van der Waals surface area contributed by atoms with E-state index in [9.17, 15) is 57.1 Å². The molecular weight excluding hydrogens is 371 g/mol. The van der Waals surface area contributed by atoms with Gasteiger partial charge in [-0.1, -0.05) is 0 Å². The quantitative estimate of drug-likeness (QED) is 0.500. The summed E-state index contributed by atoms with van der Waals surface area (Å²) >= 11 is 0. The van der Waals surface area contributed by atoms with Crippen LogP contribution in [0.25, 0.3) is 0 Å². The van der Waals surface area contributed by atoms with Crippen LogP contribution in [-0.4, -0.2) is 47.2 Å². The van der Waals surface area contributed by atoms with Crippen LogP contribution in [-0.2, 0) is 0 Å². The van der Waals surface area contributed by atoms with Crippen molar-refractivity contribution in [2.24, 2.45) is 0 Å². The highest BCUT2D eigenvalue weighted by atomic mass is 19.4. The van der Waals surface area contributed by atoms with Gasteiger partial charge in [-0.3, -0.25) is 0 Å². The third-order valence-corrected chi connectivity index (χ3v) is 2.75. The zero-order chi connectivity index (χ0) is 18.8. The standard InChI is InChI=1S/C8H3F13N2/c1-22-5(14,15)7(18,19)23(8(20,21)6(22,16)17)3(10)2(9)4(11,12)13/h1H3/b3-2-. The van der Waals surface area contributed by atoms with E-state index >= 15 is 0 Å². The Labute approximate surface area is 117 Å². The molecule has 1 fully saturated rings. The van der Waals surface area contributed by atoms with E-state index in [1.807, 2.05) is 0 Å². The Morgan fingerprint density at radius 3 is 1.26 bits per heavy atom. The van der Waals surface area contributed by atoms with Gasteiger partial charge in [0, 0.05) is 0 Å². The van der Waals surface area contributed by atoms with Crippen molar-refractivity contribution in [3.8, 4) is 0 Å². The molecule has 0 aromatic carbocycles. The Morgan fingerprint density at radius 2 is 1.00 bits per heavy atom. The van der Waals surface area contributed by atoms with E-state index in [0.29, 0.717) is 0 Å². The van der Waals surface area contributed by atoms with Gasteiger partial charge in [-0.2, -0.15) is 62.0 Å². The zero-order valence-electron chi connectivity index (χ0n) is 10.3. The molecule has 0 atom stereocenters. The maximum absolute atomic E-state index is 13.2. The SMILES string of the molecule is CN1C(F)(F)C(F)(F)N(/C(F)=C(\F)C(F)(F)F)C(F)(F)C1(F)F. The van der Waals surface area contributed by atoms with E-state index in [-0.39, 0.29) is 0 Å². The molecule has 0 saturated carbocycles. The minimum absolute atomic E-state index is 0.610. The van der Waals surface area contributed by atoms with E-state index in [1.54, 1.807) is 0 Å². The third-order valence-electron chi connectivity index (χ3n) is 2.75. The molecule has 1 aliphatic heterocycles.